The van der Waals surface area contributed by atoms with Gasteiger partial charge in [-0.3, -0.25) is 9.52 Å². The Labute approximate surface area is 57.4 Å². The lowest BCUT2D eigenvalue weighted by Gasteiger charge is -1.93. The quantitative estimate of drug-likeness (QED) is 0.348. The molecule has 46 valence electrons. The number of rotatable bonds is 2. The van der Waals surface area contributed by atoms with Crippen molar-refractivity contribution < 1.29 is 4.79 Å². The normalized spacial score (nSPS) is 18.1. The minimum atomic E-state index is 0.130. The third-order valence-corrected chi connectivity index (χ3v) is 1.66. The van der Waals surface area contributed by atoms with Gasteiger partial charge in [-0.05, 0) is 12.8 Å². The van der Waals surface area contributed by atoms with Crippen LogP contribution in [0.15, 0.2) is 0 Å². The smallest absolute Gasteiger partial charge is 0.233 e. The van der Waals surface area contributed by atoms with Crippen LogP contribution >= 0.6 is 22.6 Å². The fraction of sp³-hybridized carbons (Fsp3) is 0.750. The summed E-state index contributed by atoms with van der Waals surface area (Å²) in [6.07, 6.45) is 2.11. The summed E-state index contributed by atoms with van der Waals surface area (Å²) in [6, 6.07) is 0. The highest BCUT2D eigenvalue weighted by molar-refractivity contribution is 8.68. The van der Waals surface area contributed by atoms with Gasteiger partial charge in [0.1, 0.15) is 0 Å². The molecule has 1 N–H and O–H groups in total. The van der Waals surface area contributed by atoms with Crippen LogP contribution in [0.3, 0.4) is 0 Å². The highest BCUT2D eigenvalue weighted by Crippen LogP contribution is 2.29. The van der Waals surface area contributed by atoms with E-state index < -0.39 is 0 Å². The Bertz CT molecular complexity index is 102. The van der Waals surface area contributed by atoms with Crippen LogP contribution in [0.4, 0.5) is 0 Å². The number of hydrogen-bond donors (Lipinski definition) is 2. The van der Waals surface area contributed by atoms with Crippen molar-refractivity contribution in [2.45, 2.75) is 12.8 Å². The molecule has 0 aromatic carbocycles. The predicted molar refractivity (Wildman–Crippen MR) is 37.4 cm³/mol. The van der Waals surface area contributed by atoms with Gasteiger partial charge in [0.05, 0.1) is 0 Å². The van der Waals surface area contributed by atoms with E-state index >= 15 is 0 Å². The summed E-state index contributed by atoms with van der Waals surface area (Å²) in [5.74, 6) is 0.430. The highest BCUT2D eigenvalue weighted by atomic mass is 33.1. The van der Waals surface area contributed by atoms with Crippen molar-refractivity contribution in [3.05, 3.63) is 0 Å². The largest absolute Gasteiger partial charge is 0.291 e. The second kappa shape index (κ2) is 2.64. The number of carbonyl (C=O) groups excluding carboxylic acids is 1. The van der Waals surface area contributed by atoms with Crippen molar-refractivity contribution in [3.63, 3.8) is 0 Å². The first-order valence-electron chi connectivity index (χ1n) is 2.45. The Kier molecular flexibility index (Phi) is 2.08. The molecule has 0 aliphatic heterocycles. The van der Waals surface area contributed by atoms with E-state index in [2.05, 4.69) is 16.4 Å². The van der Waals surface area contributed by atoms with Gasteiger partial charge in [-0.1, -0.05) is 11.7 Å². The minimum absolute atomic E-state index is 0.130. The summed E-state index contributed by atoms with van der Waals surface area (Å²) in [5.41, 5.74) is 0. The summed E-state index contributed by atoms with van der Waals surface area (Å²) in [7, 11) is 1.07. The SMILES string of the molecule is O=C(NSS)C1CC1. The Balaban J connectivity index is 2.13. The Morgan fingerprint density at radius 1 is 1.75 bits per heavy atom. The maximum absolute atomic E-state index is 10.6. The van der Waals surface area contributed by atoms with Crippen LogP contribution in [0.1, 0.15) is 12.8 Å². The number of amides is 1. The van der Waals surface area contributed by atoms with Crippen LogP contribution in [-0.4, -0.2) is 5.91 Å². The molecule has 0 heterocycles. The molecule has 1 fully saturated rings. The maximum atomic E-state index is 10.6. The molecule has 0 saturated heterocycles. The molecule has 0 atom stereocenters. The summed E-state index contributed by atoms with van der Waals surface area (Å²) in [6.45, 7) is 0. The average Bonchev–Trinajstić information content (AvgIpc) is 2.45. The van der Waals surface area contributed by atoms with Crippen molar-refractivity contribution in [3.8, 4) is 0 Å². The van der Waals surface area contributed by atoms with Crippen LogP contribution in [0, 0.1) is 5.92 Å². The summed E-state index contributed by atoms with van der Waals surface area (Å²) in [4.78, 5) is 10.6. The topological polar surface area (TPSA) is 29.1 Å². The van der Waals surface area contributed by atoms with Gasteiger partial charge in [0.25, 0.3) is 0 Å². The minimum Gasteiger partial charge on any atom is -0.291 e. The molecule has 1 aliphatic rings. The predicted octanol–water partition coefficient (Wildman–Crippen LogP) is 1.01. The van der Waals surface area contributed by atoms with Gasteiger partial charge in [-0.25, -0.2) is 0 Å². The first kappa shape index (κ1) is 6.29. The first-order chi connectivity index (χ1) is 3.84. The van der Waals surface area contributed by atoms with Gasteiger partial charge in [0.15, 0.2) is 0 Å². The molecule has 4 heteroatoms. The molecule has 1 rings (SSSR count). The van der Waals surface area contributed by atoms with E-state index in [1.807, 2.05) is 0 Å². The molecule has 8 heavy (non-hydrogen) atoms. The molecule has 2 nitrogen and oxygen atoms in total. The molecule has 0 unspecified atom stereocenters. The zero-order chi connectivity index (χ0) is 5.98. The van der Waals surface area contributed by atoms with Gasteiger partial charge in [0, 0.05) is 16.9 Å². The Hall–Kier alpha value is 0.170. The average molecular weight is 149 g/mol. The second-order valence-electron chi connectivity index (χ2n) is 1.83. The second-order valence-corrected chi connectivity index (χ2v) is 2.77. The Morgan fingerprint density at radius 3 is 2.75 bits per heavy atom. The van der Waals surface area contributed by atoms with Crippen LogP contribution in [-0.2, 0) is 4.79 Å². The lowest BCUT2D eigenvalue weighted by Crippen LogP contribution is -2.15. The number of nitrogens with one attached hydrogen (secondary N) is 1. The monoisotopic (exact) mass is 149 g/mol. The molecule has 0 bridgehead atoms. The highest BCUT2D eigenvalue weighted by Gasteiger charge is 2.29. The fourth-order valence-electron chi connectivity index (χ4n) is 0.474. The van der Waals surface area contributed by atoms with Crippen LogP contribution in [0.2, 0.25) is 0 Å². The van der Waals surface area contributed by atoms with Gasteiger partial charge >= 0.3 is 0 Å². The van der Waals surface area contributed by atoms with Crippen LogP contribution in [0.25, 0.3) is 0 Å². The Morgan fingerprint density at radius 2 is 2.38 bits per heavy atom. The first-order valence-corrected chi connectivity index (χ1v) is 4.31. The zero-order valence-electron chi connectivity index (χ0n) is 4.26. The lowest BCUT2D eigenvalue weighted by molar-refractivity contribution is -0.120. The van der Waals surface area contributed by atoms with Crippen molar-refractivity contribution in [2.24, 2.45) is 5.92 Å². The molecular weight excluding hydrogens is 142 g/mol. The zero-order valence-corrected chi connectivity index (χ0v) is 5.97. The van der Waals surface area contributed by atoms with Crippen LogP contribution < -0.4 is 4.72 Å². The number of hydrogen-bond acceptors (Lipinski definition) is 3. The van der Waals surface area contributed by atoms with E-state index in [1.165, 1.54) is 0 Å². The van der Waals surface area contributed by atoms with Gasteiger partial charge in [-0.15, -0.1) is 0 Å². The van der Waals surface area contributed by atoms with Crippen LogP contribution in [0.5, 0.6) is 0 Å². The third-order valence-electron chi connectivity index (χ3n) is 1.09. The van der Waals surface area contributed by atoms with E-state index in [1.54, 1.807) is 0 Å². The molecule has 0 spiro atoms. The van der Waals surface area contributed by atoms with Crippen molar-refractivity contribution in [1.29, 1.82) is 0 Å². The standard InChI is InChI=1S/C4H7NOS2/c6-4(5-8-7)3-1-2-3/h3,7H,1-2H2,(H,5,6). The van der Waals surface area contributed by atoms with E-state index in [9.17, 15) is 4.79 Å². The molecule has 1 amide bonds. The van der Waals surface area contributed by atoms with E-state index in [-0.39, 0.29) is 5.91 Å². The molecule has 1 aliphatic carbocycles. The molecule has 1 saturated carbocycles. The molecule has 0 aromatic heterocycles. The van der Waals surface area contributed by atoms with Crippen molar-refractivity contribution >= 4 is 28.5 Å². The van der Waals surface area contributed by atoms with Gasteiger partial charge < -0.3 is 0 Å². The third kappa shape index (κ3) is 1.59. The molecule has 0 aromatic rings. The van der Waals surface area contributed by atoms with E-state index in [4.69, 9.17) is 0 Å². The van der Waals surface area contributed by atoms with Crippen molar-refractivity contribution in [2.75, 3.05) is 0 Å². The number of thiol groups is 1. The molecular formula is C4H7NOS2. The van der Waals surface area contributed by atoms with Gasteiger partial charge in [-0.2, -0.15) is 0 Å². The summed E-state index contributed by atoms with van der Waals surface area (Å²) >= 11 is 3.77. The van der Waals surface area contributed by atoms with Gasteiger partial charge in [0.2, 0.25) is 5.91 Å². The molecule has 0 radical (unpaired) electrons. The van der Waals surface area contributed by atoms with E-state index in [0.717, 1.165) is 23.8 Å². The summed E-state index contributed by atoms with van der Waals surface area (Å²) in [5, 5.41) is 0. The van der Waals surface area contributed by atoms with E-state index in [0.29, 0.717) is 5.92 Å². The summed E-state index contributed by atoms with van der Waals surface area (Å²) < 4.78 is 2.55. The van der Waals surface area contributed by atoms with Crippen molar-refractivity contribution in [1.82, 2.24) is 4.72 Å². The maximum Gasteiger partial charge on any atom is 0.233 e. The fourth-order valence-corrected chi connectivity index (χ4v) is 1.00. The number of carbonyl (C=O) groups is 1. The lowest BCUT2D eigenvalue weighted by atomic mass is 10.4.